The number of carboxylic acid groups (broad SMARTS) is 1. The van der Waals surface area contributed by atoms with Crippen LogP contribution in [0.1, 0.15) is 17.3 Å². The van der Waals surface area contributed by atoms with Gasteiger partial charge in [-0.15, -0.1) is 0 Å². The number of quaternary nitrogens is 1. The number of rotatable bonds is 8. The number of hydrogen-bond acceptors (Lipinski definition) is 4. The molecular formula is C13H19NO4. The highest BCUT2D eigenvalue weighted by molar-refractivity contribution is 5.89. The summed E-state index contributed by atoms with van der Waals surface area (Å²) in [5.41, 5.74) is 0.0673. The molecule has 0 aromatic heterocycles. The minimum absolute atomic E-state index is 0.0673. The highest BCUT2D eigenvalue weighted by Crippen LogP contribution is 2.16. The molecule has 18 heavy (non-hydrogen) atoms. The van der Waals surface area contributed by atoms with Gasteiger partial charge in [-0.2, -0.15) is 0 Å². The first kappa shape index (κ1) is 14.5. The van der Waals surface area contributed by atoms with E-state index in [-0.39, 0.29) is 12.2 Å². The minimum atomic E-state index is -1.24. The summed E-state index contributed by atoms with van der Waals surface area (Å²) in [5, 5.41) is 19.7. The van der Waals surface area contributed by atoms with Crippen LogP contribution in [0.2, 0.25) is 0 Å². The fourth-order valence-corrected chi connectivity index (χ4v) is 1.70. The largest absolute Gasteiger partial charge is 0.545 e. The third-order valence-corrected chi connectivity index (χ3v) is 2.79. The normalized spacial score (nSPS) is 12.1. The molecule has 0 fully saturated rings. The summed E-state index contributed by atoms with van der Waals surface area (Å²) in [5.74, 6) is -0.905. The second-order valence-corrected chi connectivity index (χ2v) is 3.96. The van der Waals surface area contributed by atoms with Gasteiger partial charge in [-0.1, -0.05) is 12.1 Å². The molecule has 0 aliphatic carbocycles. The number of ether oxygens (including phenoxy) is 1. The van der Waals surface area contributed by atoms with E-state index in [9.17, 15) is 9.90 Å². The zero-order valence-corrected chi connectivity index (χ0v) is 10.5. The van der Waals surface area contributed by atoms with Gasteiger partial charge < -0.3 is 24.6 Å². The lowest BCUT2D eigenvalue weighted by Gasteiger charge is -2.17. The molecule has 0 radical (unpaired) electrons. The minimum Gasteiger partial charge on any atom is -0.545 e. The maximum absolute atomic E-state index is 10.8. The molecule has 5 nitrogen and oxygen atoms in total. The van der Waals surface area contributed by atoms with E-state index >= 15 is 0 Å². The number of carbonyl (C=O) groups excluding carboxylic acids is 1. The van der Waals surface area contributed by atoms with Gasteiger partial charge >= 0.3 is 0 Å². The van der Waals surface area contributed by atoms with Crippen LogP contribution >= 0.6 is 0 Å². The Labute approximate surface area is 107 Å². The van der Waals surface area contributed by atoms with E-state index in [1.807, 2.05) is 6.92 Å². The summed E-state index contributed by atoms with van der Waals surface area (Å²) in [7, 11) is 0. The number of benzene rings is 1. The van der Waals surface area contributed by atoms with Crippen molar-refractivity contribution >= 4 is 5.97 Å². The van der Waals surface area contributed by atoms with E-state index in [0.29, 0.717) is 18.9 Å². The van der Waals surface area contributed by atoms with Crippen LogP contribution < -0.4 is 14.7 Å². The molecule has 0 spiro atoms. The fraction of sp³-hybridized carbons (Fsp3) is 0.462. The first-order chi connectivity index (χ1) is 8.69. The number of carboxylic acids is 1. The lowest BCUT2D eigenvalue weighted by atomic mass is 10.2. The van der Waals surface area contributed by atoms with Gasteiger partial charge in [0.2, 0.25) is 0 Å². The van der Waals surface area contributed by atoms with Gasteiger partial charge in [-0.3, -0.25) is 0 Å². The Bertz CT molecular complexity index is 381. The lowest BCUT2D eigenvalue weighted by Crippen LogP contribution is -3.12. The Balaban J connectivity index is 2.50. The van der Waals surface area contributed by atoms with E-state index in [1.54, 1.807) is 18.2 Å². The van der Waals surface area contributed by atoms with E-state index in [2.05, 4.69) is 0 Å². The van der Waals surface area contributed by atoms with Crippen LogP contribution in [0.5, 0.6) is 5.75 Å². The monoisotopic (exact) mass is 253 g/mol. The van der Waals surface area contributed by atoms with Gasteiger partial charge in [0.05, 0.1) is 19.1 Å². The summed E-state index contributed by atoms with van der Waals surface area (Å²) >= 11 is 0. The third kappa shape index (κ3) is 4.35. The van der Waals surface area contributed by atoms with Gasteiger partial charge in [-0.25, -0.2) is 0 Å². The fourth-order valence-electron chi connectivity index (χ4n) is 1.70. The van der Waals surface area contributed by atoms with Crippen molar-refractivity contribution in [1.29, 1.82) is 0 Å². The zero-order valence-electron chi connectivity index (χ0n) is 10.5. The summed E-state index contributed by atoms with van der Waals surface area (Å²) < 4.78 is 5.45. The molecule has 0 bridgehead atoms. The van der Waals surface area contributed by atoms with Gasteiger partial charge in [0.15, 0.2) is 0 Å². The van der Waals surface area contributed by atoms with Crippen molar-refractivity contribution in [3.63, 3.8) is 0 Å². The maximum atomic E-state index is 10.8. The van der Waals surface area contributed by atoms with Crippen molar-refractivity contribution in [3.05, 3.63) is 29.8 Å². The molecule has 1 aromatic carbocycles. The lowest BCUT2D eigenvalue weighted by molar-refractivity contribution is -0.898. The Morgan fingerprint density at radius 2 is 2.11 bits per heavy atom. The summed E-state index contributed by atoms with van der Waals surface area (Å²) in [6, 6.07) is 6.43. The number of para-hydroxylation sites is 1. The molecule has 0 saturated heterocycles. The van der Waals surface area contributed by atoms with Crippen molar-refractivity contribution in [2.45, 2.75) is 6.92 Å². The second-order valence-electron chi connectivity index (χ2n) is 3.96. The van der Waals surface area contributed by atoms with Gasteiger partial charge in [0.1, 0.15) is 25.4 Å². The molecule has 100 valence electrons. The number of nitrogens with one attached hydrogen (secondary N) is 1. The number of aliphatic hydroxyl groups excluding tert-OH is 1. The zero-order chi connectivity index (χ0) is 13.4. The number of aromatic carboxylic acids is 1. The van der Waals surface area contributed by atoms with Crippen LogP contribution in [0.25, 0.3) is 0 Å². The quantitative estimate of drug-likeness (QED) is 0.581. The Hall–Kier alpha value is -1.59. The molecule has 0 amide bonds. The Morgan fingerprint density at radius 1 is 1.39 bits per heavy atom. The maximum Gasteiger partial charge on any atom is 0.137 e. The van der Waals surface area contributed by atoms with E-state index in [4.69, 9.17) is 9.84 Å². The average Bonchev–Trinajstić information content (AvgIpc) is 2.38. The standard InChI is InChI=1S/C13H19NO4/c1-2-14(7-9-15)8-10-18-12-6-4-3-5-11(12)13(16)17/h3-6,15H,2,7-10H2,1H3,(H,16,17). The molecule has 0 aliphatic heterocycles. The van der Waals surface area contributed by atoms with Gasteiger partial charge in [-0.05, 0) is 19.1 Å². The SMILES string of the molecule is CC[NH+](CCO)CCOc1ccccc1C(=O)[O-]. The summed E-state index contributed by atoms with van der Waals surface area (Å²) in [6.07, 6.45) is 0. The Morgan fingerprint density at radius 3 is 2.72 bits per heavy atom. The first-order valence-electron chi connectivity index (χ1n) is 6.06. The van der Waals surface area contributed by atoms with Crippen molar-refractivity contribution in [3.8, 4) is 5.75 Å². The molecule has 5 heteroatoms. The number of likely N-dealkylation sites (N-methyl/N-ethyl adjacent to an activating group) is 1. The molecule has 2 N–H and O–H groups in total. The highest BCUT2D eigenvalue weighted by Gasteiger charge is 2.07. The van der Waals surface area contributed by atoms with Crippen molar-refractivity contribution < 1.29 is 24.6 Å². The number of hydrogen-bond donors (Lipinski definition) is 2. The average molecular weight is 253 g/mol. The van der Waals surface area contributed by atoms with Crippen LogP contribution in [-0.4, -0.2) is 43.9 Å². The van der Waals surface area contributed by atoms with Crippen LogP contribution in [0.4, 0.5) is 0 Å². The molecule has 1 rings (SSSR count). The number of aliphatic hydroxyl groups is 1. The molecular weight excluding hydrogens is 234 g/mol. The molecule has 0 aliphatic rings. The second kappa shape index (κ2) is 7.68. The Kier molecular flexibility index (Phi) is 6.18. The molecule has 0 heterocycles. The van der Waals surface area contributed by atoms with Crippen molar-refractivity contribution in [2.24, 2.45) is 0 Å². The van der Waals surface area contributed by atoms with E-state index in [1.165, 1.54) is 11.0 Å². The third-order valence-electron chi connectivity index (χ3n) is 2.79. The molecule has 1 unspecified atom stereocenters. The van der Waals surface area contributed by atoms with E-state index < -0.39 is 5.97 Å². The van der Waals surface area contributed by atoms with Crippen LogP contribution in [0.3, 0.4) is 0 Å². The van der Waals surface area contributed by atoms with Crippen LogP contribution in [0.15, 0.2) is 24.3 Å². The van der Waals surface area contributed by atoms with E-state index in [0.717, 1.165) is 13.1 Å². The van der Waals surface area contributed by atoms with Crippen molar-refractivity contribution in [1.82, 2.24) is 0 Å². The van der Waals surface area contributed by atoms with Crippen molar-refractivity contribution in [2.75, 3.05) is 32.8 Å². The predicted octanol–water partition coefficient (Wildman–Crippen LogP) is -1.67. The van der Waals surface area contributed by atoms with Crippen LogP contribution in [0, 0.1) is 0 Å². The smallest absolute Gasteiger partial charge is 0.137 e. The predicted molar refractivity (Wildman–Crippen MR) is 64.6 cm³/mol. The molecule has 1 aromatic rings. The first-order valence-corrected chi connectivity index (χ1v) is 6.06. The van der Waals surface area contributed by atoms with Gasteiger partial charge in [0.25, 0.3) is 0 Å². The van der Waals surface area contributed by atoms with Gasteiger partial charge in [0, 0.05) is 5.56 Å². The number of carbonyl (C=O) groups is 1. The summed E-state index contributed by atoms with van der Waals surface area (Å²) in [4.78, 5) is 12.1. The topological polar surface area (TPSA) is 74.0 Å². The molecule has 1 atom stereocenters. The highest BCUT2D eigenvalue weighted by atomic mass is 16.5. The summed E-state index contributed by atoms with van der Waals surface area (Å²) in [6.45, 7) is 4.86. The van der Waals surface area contributed by atoms with Crippen LogP contribution in [-0.2, 0) is 0 Å². The molecule has 0 saturated carbocycles.